The van der Waals surface area contributed by atoms with E-state index in [9.17, 15) is 0 Å². The summed E-state index contributed by atoms with van der Waals surface area (Å²) in [6.45, 7) is 7.67. The smallest absolute Gasteiger partial charge is 0.117 e. The highest BCUT2D eigenvalue weighted by Gasteiger charge is 2.40. The van der Waals surface area contributed by atoms with E-state index in [4.69, 9.17) is 14.9 Å². The molecule has 1 saturated heterocycles. The van der Waals surface area contributed by atoms with Gasteiger partial charge in [-0.05, 0) is 37.9 Å². The van der Waals surface area contributed by atoms with Crippen LogP contribution in [0.5, 0.6) is 0 Å². The molecular weight excluding hydrogens is 240 g/mol. The van der Waals surface area contributed by atoms with E-state index in [1.165, 1.54) is 0 Å². The van der Waals surface area contributed by atoms with Crippen LogP contribution in [0.15, 0.2) is 22.8 Å². The fourth-order valence-corrected chi connectivity index (χ4v) is 3.07. The molecule has 4 heteroatoms. The van der Waals surface area contributed by atoms with E-state index in [-0.39, 0.29) is 5.54 Å². The van der Waals surface area contributed by atoms with Gasteiger partial charge in [-0.25, -0.2) is 0 Å². The fourth-order valence-electron chi connectivity index (χ4n) is 3.07. The van der Waals surface area contributed by atoms with Crippen molar-refractivity contribution < 1.29 is 9.15 Å². The third kappa shape index (κ3) is 3.19. The van der Waals surface area contributed by atoms with E-state index in [0.717, 1.165) is 44.7 Å². The Morgan fingerprint density at radius 1 is 1.47 bits per heavy atom. The Bertz CT molecular complexity index is 366. The molecule has 0 amide bonds. The second-order valence-corrected chi connectivity index (χ2v) is 5.38. The normalized spacial score (nSPS) is 27.9. The van der Waals surface area contributed by atoms with Crippen molar-refractivity contribution in [2.45, 2.75) is 51.3 Å². The van der Waals surface area contributed by atoms with Gasteiger partial charge in [-0.1, -0.05) is 13.8 Å². The van der Waals surface area contributed by atoms with Crippen molar-refractivity contribution in [3.63, 3.8) is 0 Å². The predicted octanol–water partition coefficient (Wildman–Crippen LogP) is 2.39. The summed E-state index contributed by atoms with van der Waals surface area (Å²) < 4.78 is 11.3. The fraction of sp³-hybridized carbons (Fsp3) is 0.733. The van der Waals surface area contributed by atoms with Crippen LogP contribution in [0.1, 0.15) is 38.9 Å². The van der Waals surface area contributed by atoms with Crippen LogP contribution in [0.4, 0.5) is 0 Å². The first kappa shape index (κ1) is 14.6. The molecule has 2 rings (SSSR count). The lowest BCUT2D eigenvalue weighted by Crippen LogP contribution is -2.58. The van der Waals surface area contributed by atoms with Crippen molar-refractivity contribution in [2.24, 2.45) is 5.73 Å². The summed E-state index contributed by atoms with van der Waals surface area (Å²) in [5, 5.41) is 0. The standard InChI is InChI=1S/C15H26N2O2/c1-3-13-10-15(12-16,7-9-19-13)17(4-2)11-14-6-5-8-18-14/h5-6,8,13H,3-4,7,9-12,16H2,1-2H3. The Labute approximate surface area is 115 Å². The number of hydrogen-bond donors (Lipinski definition) is 1. The molecule has 0 bridgehead atoms. The van der Waals surface area contributed by atoms with Gasteiger partial charge in [0.05, 0.1) is 18.9 Å². The maximum absolute atomic E-state index is 6.13. The van der Waals surface area contributed by atoms with Gasteiger partial charge in [-0.15, -0.1) is 0 Å². The lowest BCUT2D eigenvalue weighted by molar-refractivity contribution is -0.0748. The van der Waals surface area contributed by atoms with Crippen LogP contribution in [0.3, 0.4) is 0 Å². The zero-order valence-corrected chi connectivity index (χ0v) is 12.1. The van der Waals surface area contributed by atoms with Crippen molar-refractivity contribution >= 4 is 0 Å². The molecule has 0 aliphatic carbocycles. The van der Waals surface area contributed by atoms with Gasteiger partial charge < -0.3 is 14.9 Å². The number of ether oxygens (including phenoxy) is 1. The summed E-state index contributed by atoms with van der Waals surface area (Å²) >= 11 is 0. The second kappa shape index (κ2) is 6.55. The zero-order valence-electron chi connectivity index (χ0n) is 12.1. The SMILES string of the molecule is CCC1CC(CN)(N(CC)Cc2ccco2)CCO1. The van der Waals surface area contributed by atoms with Crippen LogP contribution < -0.4 is 5.73 Å². The van der Waals surface area contributed by atoms with Crippen LogP contribution in [0.25, 0.3) is 0 Å². The van der Waals surface area contributed by atoms with Crippen LogP contribution in [-0.2, 0) is 11.3 Å². The van der Waals surface area contributed by atoms with Gasteiger partial charge in [0, 0.05) is 18.7 Å². The van der Waals surface area contributed by atoms with Gasteiger partial charge in [0.1, 0.15) is 5.76 Å². The van der Waals surface area contributed by atoms with Gasteiger partial charge in [-0.3, -0.25) is 4.90 Å². The molecule has 2 heterocycles. The lowest BCUT2D eigenvalue weighted by atomic mass is 9.84. The van der Waals surface area contributed by atoms with Crippen LogP contribution in [0, 0.1) is 0 Å². The Balaban J connectivity index is 2.12. The molecule has 0 spiro atoms. The lowest BCUT2D eigenvalue weighted by Gasteiger charge is -2.47. The molecule has 0 radical (unpaired) electrons. The number of hydrogen-bond acceptors (Lipinski definition) is 4. The second-order valence-electron chi connectivity index (χ2n) is 5.38. The first-order chi connectivity index (χ1) is 9.24. The summed E-state index contributed by atoms with van der Waals surface area (Å²) in [5.74, 6) is 1.01. The minimum Gasteiger partial charge on any atom is -0.468 e. The number of nitrogens with zero attached hydrogens (tertiary/aromatic N) is 1. The van der Waals surface area contributed by atoms with E-state index in [2.05, 4.69) is 18.7 Å². The molecule has 4 nitrogen and oxygen atoms in total. The molecule has 2 N–H and O–H groups in total. The molecule has 1 aromatic rings. The van der Waals surface area contributed by atoms with Crippen molar-refractivity contribution in [1.29, 1.82) is 0 Å². The minimum absolute atomic E-state index is 0.0560. The van der Waals surface area contributed by atoms with Gasteiger partial charge in [0.2, 0.25) is 0 Å². The number of rotatable bonds is 6. The first-order valence-electron chi connectivity index (χ1n) is 7.33. The Hall–Kier alpha value is -0.840. The number of furan rings is 1. The molecule has 19 heavy (non-hydrogen) atoms. The van der Waals surface area contributed by atoms with Crippen LogP contribution in [0.2, 0.25) is 0 Å². The highest BCUT2D eigenvalue weighted by molar-refractivity contribution is 5.02. The van der Waals surface area contributed by atoms with E-state index >= 15 is 0 Å². The molecule has 0 saturated carbocycles. The molecule has 1 aromatic heterocycles. The third-order valence-electron chi connectivity index (χ3n) is 4.34. The average molecular weight is 266 g/mol. The number of nitrogens with two attached hydrogens (primary N) is 1. The molecule has 1 aliphatic rings. The van der Waals surface area contributed by atoms with Crippen LogP contribution in [-0.4, -0.2) is 36.2 Å². The highest BCUT2D eigenvalue weighted by atomic mass is 16.5. The van der Waals surface area contributed by atoms with E-state index in [1.54, 1.807) is 6.26 Å². The summed E-state index contributed by atoms with van der Waals surface area (Å²) in [6, 6.07) is 3.97. The monoisotopic (exact) mass is 266 g/mol. The third-order valence-corrected chi connectivity index (χ3v) is 4.34. The topological polar surface area (TPSA) is 51.6 Å². The molecule has 2 unspecified atom stereocenters. The van der Waals surface area contributed by atoms with E-state index in [0.29, 0.717) is 12.6 Å². The molecule has 108 valence electrons. The Morgan fingerprint density at radius 3 is 2.89 bits per heavy atom. The van der Waals surface area contributed by atoms with Crippen molar-refractivity contribution in [1.82, 2.24) is 4.90 Å². The molecule has 1 aliphatic heterocycles. The van der Waals surface area contributed by atoms with Crippen molar-refractivity contribution in [2.75, 3.05) is 19.7 Å². The van der Waals surface area contributed by atoms with Gasteiger partial charge >= 0.3 is 0 Å². The summed E-state index contributed by atoms with van der Waals surface area (Å²) in [5.41, 5.74) is 6.19. The van der Waals surface area contributed by atoms with Crippen LogP contribution >= 0.6 is 0 Å². The zero-order chi connectivity index (χ0) is 13.7. The van der Waals surface area contributed by atoms with E-state index < -0.39 is 0 Å². The quantitative estimate of drug-likeness (QED) is 0.859. The molecule has 1 fully saturated rings. The number of likely N-dealkylation sites (N-methyl/N-ethyl adjacent to an activating group) is 1. The maximum atomic E-state index is 6.13. The molecular formula is C15H26N2O2. The maximum Gasteiger partial charge on any atom is 0.117 e. The summed E-state index contributed by atoms with van der Waals surface area (Å²) in [6.07, 6.45) is 5.16. The van der Waals surface area contributed by atoms with Gasteiger partial charge in [0.15, 0.2) is 0 Å². The minimum atomic E-state index is 0.0560. The Morgan fingerprint density at radius 2 is 2.32 bits per heavy atom. The Kier molecular flexibility index (Phi) is 5.02. The highest BCUT2D eigenvalue weighted by Crippen LogP contribution is 2.32. The summed E-state index contributed by atoms with van der Waals surface area (Å²) in [7, 11) is 0. The van der Waals surface area contributed by atoms with Crippen molar-refractivity contribution in [3.05, 3.63) is 24.2 Å². The molecule has 0 aromatic carbocycles. The van der Waals surface area contributed by atoms with Gasteiger partial charge in [-0.2, -0.15) is 0 Å². The largest absolute Gasteiger partial charge is 0.468 e. The van der Waals surface area contributed by atoms with Crippen molar-refractivity contribution in [3.8, 4) is 0 Å². The summed E-state index contributed by atoms with van der Waals surface area (Å²) in [4.78, 5) is 2.46. The van der Waals surface area contributed by atoms with Gasteiger partial charge in [0.25, 0.3) is 0 Å². The predicted molar refractivity (Wildman–Crippen MR) is 75.8 cm³/mol. The molecule has 2 atom stereocenters. The first-order valence-corrected chi connectivity index (χ1v) is 7.33. The van der Waals surface area contributed by atoms with E-state index in [1.807, 2.05) is 12.1 Å². The average Bonchev–Trinajstić information content (AvgIpc) is 2.97.